The number of hydrogen-bond acceptors (Lipinski definition) is 1. The van der Waals surface area contributed by atoms with Gasteiger partial charge in [0.25, 0.3) is 0 Å². The molecule has 17 heavy (non-hydrogen) atoms. The normalized spacial score (nSPS) is 19.4. The fraction of sp³-hybridized carbons (Fsp3) is 0.533. The van der Waals surface area contributed by atoms with Crippen molar-refractivity contribution in [3.63, 3.8) is 0 Å². The van der Waals surface area contributed by atoms with E-state index in [0.717, 1.165) is 11.3 Å². The van der Waals surface area contributed by atoms with Crippen LogP contribution in [0, 0.1) is 5.92 Å². The second kappa shape index (κ2) is 3.86. The van der Waals surface area contributed by atoms with Crippen molar-refractivity contribution >= 4 is 11.6 Å². The van der Waals surface area contributed by atoms with E-state index >= 15 is 0 Å². The molecule has 0 aliphatic carbocycles. The van der Waals surface area contributed by atoms with E-state index in [2.05, 4.69) is 52.1 Å². The highest BCUT2D eigenvalue weighted by Gasteiger charge is 2.33. The molecule has 0 radical (unpaired) electrons. The van der Waals surface area contributed by atoms with Gasteiger partial charge in [-0.1, -0.05) is 46.8 Å². The first-order chi connectivity index (χ1) is 7.80. The standard InChI is InChI=1S/C15H21NO/c1-9(2)13-11-8-10(15(3,4)5)6-7-12(11)16-14(13)17/h6-9,13H,1-5H3,(H,16,17). The lowest BCUT2D eigenvalue weighted by Crippen LogP contribution is -2.17. The highest BCUT2D eigenvalue weighted by Crippen LogP contribution is 2.39. The van der Waals surface area contributed by atoms with Crippen molar-refractivity contribution < 1.29 is 4.79 Å². The van der Waals surface area contributed by atoms with Gasteiger partial charge in [-0.3, -0.25) is 4.79 Å². The lowest BCUT2D eigenvalue weighted by Gasteiger charge is -2.21. The van der Waals surface area contributed by atoms with Crippen molar-refractivity contribution in [3.8, 4) is 0 Å². The Kier molecular flexibility index (Phi) is 2.76. The molecule has 2 rings (SSSR count). The Labute approximate surface area is 103 Å². The number of carbonyl (C=O) groups is 1. The second-order valence-electron chi connectivity index (χ2n) is 6.26. The van der Waals surface area contributed by atoms with E-state index in [1.165, 1.54) is 5.56 Å². The van der Waals surface area contributed by atoms with Crippen LogP contribution in [0.2, 0.25) is 0 Å². The van der Waals surface area contributed by atoms with Crippen LogP contribution in [-0.4, -0.2) is 5.91 Å². The Balaban J connectivity index is 2.49. The monoisotopic (exact) mass is 231 g/mol. The maximum absolute atomic E-state index is 11.9. The Morgan fingerprint density at radius 2 is 1.88 bits per heavy atom. The first kappa shape index (κ1) is 12.2. The number of anilines is 1. The summed E-state index contributed by atoms with van der Waals surface area (Å²) in [6.45, 7) is 10.8. The molecule has 0 fully saturated rings. The van der Waals surface area contributed by atoms with Crippen LogP contribution in [0.4, 0.5) is 5.69 Å². The lowest BCUT2D eigenvalue weighted by atomic mass is 9.82. The first-order valence-corrected chi connectivity index (χ1v) is 6.26. The first-order valence-electron chi connectivity index (χ1n) is 6.26. The van der Waals surface area contributed by atoms with Crippen molar-refractivity contribution in [2.75, 3.05) is 5.32 Å². The molecule has 1 N–H and O–H groups in total. The van der Waals surface area contributed by atoms with E-state index < -0.39 is 0 Å². The van der Waals surface area contributed by atoms with E-state index in [0.29, 0.717) is 5.92 Å². The summed E-state index contributed by atoms with van der Waals surface area (Å²) in [5, 5.41) is 2.97. The van der Waals surface area contributed by atoms with Gasteiger partial charge in [-0.05, 0) is 28.5 Å². The van der Waals surface area contributed by atoms with Gasteiger partial charge >= 0.3 is 0 Å². The minimum atomic E-state index is 0.00676. The van der Waals surface area contributed by atoms with Crippen LogP contribution >= 0.6 is 0 Å². The fourth-order valence-corrected chi connectivity index (χ4v) is 2.41. The Morgan fingerprint density at radius 3 is 2.41 bits per heavy atom. The van der Waals surface area contributed by atoms with Crippen LogP contribution in [0.3, 0.4) is 0 Å². The Bertz CT molecular complexity index is 454. The third-order valence-electron chi connectivity index (χ3n) is 3.46. The summed E-state index contributed by atoms with van der Waals surface area (Å²) >= 11 is 0. The summed E-state index contributed by atoms with van der Waals surface area (Å²) < 4.78 is 0. The third kappa shape index (κ3) is 2.08. The van der Waals surface area contributed by atoms with E-state index in [1.807, 2.05) is 6.07 Å². The zero-order valence-electron chi connectivity index (χ0n) is 11.3. The van der Waals surface area contributed by atoms with Gasteiger partial charge in [-0.15, -0.1) is 0 Å². The minimum Gasteiger partial charge on any atom is -0.325 e. The van der Waals surface area contributed by atoms with E-state index in [1.54, 1.807) is 0 Å². The van der Waals surface area contributed by atoms with Crippen LogP contribution in [0.15, 0.2) is 18.2 Å². The number of fused-ring (bicyclic) bond motifs is 1. The molecule has 1 amide bonds. The van der Waals surface area contributed by atoms with Gasteiger partial charge in [0.05, 0.1) is 5.92 Å². The largest absolute Gasteiger partial charge is 0.325 e. The minimum absolute atomic E-state index is 0.00676. The molecule has 1 heterocycles. The lowest BCUT2D eigenvalue weighted by molar-refractivity contribution is -0.117. The van der Waals surface area contributed by atoms with Crippen LogP contribution in [-0.2, 0) is 10.2 Å². The van der Waals surface area contributed by atoms with Crippen molar-refractivity contribution in [3.05, 3.63) is 29.3 Å². The van der Waals surface area contributed by atoms with Crippen LogP contribution in [0.25, 0.3) is 0 Å². The summed E-state index contributed by atoms with van der Waals surface area (Å²) in [5.41, 5.74) is 3.57. The molecular weight excluding hydrogens is 210 g/mol. The summed E-state index contributed by atoms with van der Waals surface area (Å²) in [4.78, 5) is 11.9. The summed E-state index contributed by atoms with van der Waals surface area (Å²) in [7, 11) is 0. The molecule has 0 bridgehead atoms. The molecule has 1 aromatic carbocycles. The number of rotatable bonds is 1. The molecule has 0 saturated carbocycles. The molecule has 1 unspecified atom stereocenters. The maximum atomic E-state index is 11.9. The van der Waals surface area contributed by atoms with Gasteiger partial charge in [0.1, 0.15) is 0 Å². The quantitative estimate of drug-likeness (QED) is 0.785. The highest BCUT2D eigenvalue weighted by atomic mass is 16.2. The van der Waals surface area contributed by atoms with Crippen LogP contribution < -0.4 is 5.32 Å². The van der Waals surface area contributed by atoms with Crippen LogP contribution in [0.1, 0.15) is 51.7 Å². The zero-order valence-corrected chi connectivity index (χ0v) is 11.3. The van der Waals surface area contributed by atoms with Gasteiger partial charge in [0.15, 0.2) is 0 Å². The Hall–Kier alpha value is -1.31. The smallest absolute Gasteiger partial charge is 0.232 e. The van der Waals surface area contributed by atoms with Gasteiger partial charge < -0.3 is 5.32 Å². The van der Waals surface area contributed by atoms with E-state index in [4.69, 9.17) is 0 Å². The Morgan fingerprint density at radius 1 is 1.24 bits per heavy atom. The average Bonchev–Trinajstić information content (AvgIpc) is 2.50. The molecule has 1 aliphatic rings. The van der Waals surface area contributed by atoms with E-state index in [9.17, 15) is 4.79 Å². The zero-order chi connectivity index (χ0) is 12.8. The summed E-state index contributed by atoms with van der Waals surface area (Å²) in [6, 6.07) is 6.34. The summed E-state index contributed by atoms with van der Waals surface area (Å²) in [6.07, 6.45) is 0. The SMILES string of the molecule is CC(C)C1C(=O)Nc2ccc(C(C)(C)C)cc21. The van der Waals surface area contributed by atoms with Gasteiger partial charge in [-0.25, -0.2) is 0 Å². The van der Waals surface area contributed by atoms with Crippen molar-refractivity contribution in [2.24, 2.45) is 5.92 Å². The maximum Gasteiger partial charge on any atom is 0.232 e. The van der Waals surface area contributed by atoms with Crippen molar-refractivity contribution in [1.82, 2.24) is 0 Å². The number of carbonyl (C=O) groups excluding carboxylic acids is 1. The number of amides is 1. The predicted molar refractivity (Wildman–Crippen MR) is 71.4 cm³/mol. The second-order valence-corrected chi connectivity index (χ2v) is 6.26. The molecule has 0 aromatic heterocycles. The van der Waals surface area contributed by atoms with Gasteiger partial charge in [0, 0.05) is 5.69 Å². The summed E-state index contributed by atoms with van der Waals surface area (Å²) in [5.74, 6) is 0.486. The predicted octanol–water partition coefficient (Wildman–Crippen LogP) is 3.68. The van der Waals surface area contributed by atoms with Crippen molar-refractivity contribution in [2.45, 2.75) is 46.0 Å². The molecule has 92 valence electrons. The molecular formula is C15H21NO. The van der Waals surface area contributed by atoms with Crippen LogP contribution in [0.5, 0.6) is 0 Å². The van der Waals surface area contributed by atoms with Crippen molar-refractivity contribution in [1.29, 1.82) is 0 Å². The third-order valence-corrected chi connectivity index (χ3v) is 3.46. The highest BCUT2D eigenvalue weighted by molar-refractivity contribution is 6.03. The fourth-order valence-electron chi connectivity index (χ4n) is 2.41. The molecule has 2 nitrogen and oxygen atoms in total. The number of nitrogens with one attached hydrogen (secondary N) is 1. The number of benzene rings is 1. The average molecular weight is 231 g/mol. The molecule has 0 saturated heterocycles. The molecule has 0 spiro atoms. The topological polar surface area (TPSA) is 29.1 Å². The molecule has 2 heteroatoms. The molecule has 1 aliphatic heterocycles. The van der Waals surface area contributed by atoms with Gasteiger partial charge in [-0.2, -0.15) is 0 Å². The molecule has 1 atom stereocenters. The number of hydrogen-bond donors (Lipinski definition) is 1. The molecule has 1 aromatic rings. The van der Waals surface area contributed by atoms with Gasteiger partial charge in [0.2, 0.25) is 5.91 Å². The van der Waals surface area contributed by atoms with E-state index in [-0.39, 0.29) is 17.2 Å².